The van der Waals surface area contributed by atoms with Gasteiger partial charge in [-0.15, -0.1) is 11.8 Å². The number of rotatable bonds is 8. The first kappa shape index (κ1) is 21.3. The highest BCUT2D eigenvalue weighted by atomic mass is 35.5. The molecule has 0 unspecified atom stereocenters. The second-order valence-electron chi connectivity index (χ2n) is 5.96. The van der Waals surface area contributed by atoms with Gasteiger partial charge in [-0.3, -0.25) is 4.79 Å². The lowest BCUT2D eigenvalue weighted by molar-refractivity contribution is -0.118. The van der Waals surface area contributed by atoms with E-state index in [1.54, 1.807) is 37.4 Å². The molecule has 0 aliphatic heterocycles. The molecule has 0 radical (unpaired) electrons. The van der Waals surface area contributed by atoms with Crippen LogP contribution >= 0.6 is 35.0 Å². The Kier molecular flexibility index (Phi) is 7.63. The van der Waals surface area contributed by atoms with Gasteiger partial charge in [0.15, 0.2) is 0 Å². The number of thioether (sulfide) groups is 1. The molecular weight excluding hydrogens is 431 g/mol. The molecule has 3 rings (SSSR count). The van der Waals surface area contributed by atoms with Gasteiger partial charge in [0.2, 0.25) is 5.91 Å². The molecule has 0 spiro atoms. The highest BCUT2D eigenvalue weighted by molar-refractivity contribution is 7.99. The Hall–Kier alpha value is -2.41. The van der Waals surface area contributed by atoms with Gasteiger partial charge in [-0.2, -0.15) is 5.10 Å². The highest BCUT2D eigenvalue weighted by Crippen LogP contribution is 2.31. The summed E-state index contributed by atoms with van der Waals surface area (Å²) in [5.41, 5.74) is 4.34. The summed E-state index contributed by atoms with van der Waals surface area (Å²) in [6.45, 7) is 0. The monoisotopic (exact) mass is 448 g/mol. The van der Waals surface area contributed by atoms with Crippen molar-refractivity contribution < 1.29 is 13.9 Å². The number of nitrogens with one attached hydrogen (secondary N) is 1. The maximum Gasteiger partial charge on any atom is 0.250 e. The van der Waals surface area contributed by atoms with E-state index in [1.807, 2.05) is 24.3 Å². The van der Waals surface area contributed by atoms with Crippen LogP contribution in [0.4, 0.5) is 0 Å². The van der Waals surface area contributed by atoms with Crippen molar-refractivity contribution in [1.82, 2.24) is 5.43 Å². The van der Waals surface area contributed by atoms with Crippen molar-refractivity contribution >= 4 is 47.1 Å². The van der Waals surface area contributed by atoms with E-state index in [-0.39, 0.29) is 5.91 Å². The molecular formula is C21H18Cl2N2O3S. The van der Waals surface area contributed by atoms with Crippen LogP contribution in [0.25, 0.3) is 11.3 Å². The fraction of sp³-hybridized carbons (Fsp3) is 0.143. The van der Waals surface area contributed by atoms with E-state index in [1.165, 1.54) is 18.0 Å². The Morgan fingerprint density at radius 1 is 1.17 bits per heavy atom. The molecule has 1 amide bonds. The van der Waals surface area contributed by atoms with E-state index in [9.17, 15) is 4.79 Å². The van der Waals surface area contributed by atoms with Crippen LogP contribution in [0.3, 0.4) is 0 Å². The van der Waals surface area contributed by atoms with Crippen LogP contribution in [0.1, 0.15) is 11.3 Å². The Balaban J connectivity index is 1.45. The van der Waals surface area contributed by atoms with Gasteiger partial charge in [0.25, 0.3) is 0 Å². The second kappa shape index (κ2) is 10.4. The predicted molar refractivity (Wildman–Crippen MR) is 119 cm³/mol. The van der Waals surface area contributed by atoms with Gasteiger partial charge >= 0.3 is 0 Å². The van der Waals surface area contributed by atoms with Crippen molar-refractivity contribution in [2.24, 2.45) is 5.10 Å². The summed E-state index contributed by atoms with van der Waals surface area (Å²) in [5, 5.41) is 4.98. The van der Waals surface area contributed by atoms with Gasteiger partial charge in [0.05, 0.1) is 24.1 Å². The minimum absolute atomic E-state index is 0.188. The fourth-order valence-corrected chi connectivity index (χ4v) is 3.72. The van der Waals surface area contributed by atoms with Gasteiger partial charge < -0.3 is 9.15 Å². The predicted octanol–water partition coefficient (Wildman–Crippen LogP) is 5.65. The molecule has 0 atom stereocenters. The number of carbonyl (C=O) groups excluding carboxylic acids is 1. The highest BCUT2D eigenvalue weighted by Gasteiger charge is 2.08. The number of hydrogen-bond donors (Lipinski definition) is 1. The Morgan fingerprint density at radius 3 is 2.69 bits per heavy atom. The summed E-state index contributed by atoms with van der Waals surface area (Å²) >= 11 is 13.6. The number of furan rings is 1. The van der Waals surface area contributed by atoms with Crippen LogP contribution in [0.2, 0.25) is 10.0 Å². The number of benzene rings is 2. The van der Waals surface area contributed by atoms with E-state index in [0.717, 1.165) is 22.6 Å². The van der Waals surface area contributed by atoms with Gasteiger partial charge in [0, 0.05) is 16.3 Å². The Morgan fingerprint density at radius 2 is 1.97 bits per heavy atom. The zero-order valence-electron chi connectivity index (χ0n) is 15.5. The minimum atomic E-state index is -0.188. The van der Waals surface area contributed by atoms with E-state index in [0.29, 0.717) is 27.3 Å². The van der Waals surface area contributed by atoms with Gasteiger partial charge in [-0.1, -0.05) is 35.3 Å². The summed E-state index contributed by atoms with van der Waals surface area (Å²) in [6.07, 6.45) is 1.44. The Labute approximate surface area is 183 Å². The van der Waals surface area contributed by atoms with Gasteiger partial charge in [0.1, 0.15) is 17.3 Å². The quantitative estimate of drug-likeness (QED) is 0.357. The largest absolute Gasteiger partial charge is 0.497 e. The Bertz CT molecular complexity index is 1000. The van der Waals surface area contributed by atoms with E-state index in [4.69, 9.17) is 32.4 Å². The molecule has 2 aromatic carbocycles. The van der Waals surface area contributed by atoms with Gasteiger partial charge in [-0.25, -0.2) is 5.43 Å². The van der Waals surface area contributed by atoms with Crippen molar-refractivity contribution in [2.45, 2.75) is 5.75 Å². The smallest absolute Gasteiger partial charge is 0.250 e. The first-order valence-electron chi connectivity index (χ1n) is 8.63. The number of methoxy groups -OCH3 is 1. The average Bonchev–Trinajstić information content (AvgIpc) is 3.17. The molecule has 0 saturated heterocycles. The summed E-state index contributed by atoms with van der Waals surface area (Å²) in [6, 6.07) is 16.4. The third-order valence-corrected chi connectivity index (χ3v) is 5.42. The second-order valence-corrected chi connectivity index (χ2v) is 7.79. The van der Waals surface area contributed by atoms with E-state index in [2.05, 4.69) is 10.5 Å². The number of halogens is 2. The van der Waals surface area contributed by atoms with Crippen molar-refractivity contribution in [2.75, 3.05) is 12.9 Å². The standard InChI is InChI=1S/C21H18Cl2N2O3S/c1-27-16-5-2-14(3-6-16)12-29-13-21(26)25-24-11-17-7-9-20(28-17)18-8-4-15(22)10-19(18)23/h2-11H,12-13H2,1H3,(H,25,26)/b24-11+. The molecule has 0 bridgehead atoms. The third kappa shape index (κ3) is 6.29. The first-order valence-corrected chi connectivity index (χ1v) is 10.5. The number of hydrazone groups is 1. The molecule has 5 nitrogen and oxygen atoms in total. The van der Waals surface area contributed by atoms with E-state index >= 15 is 0 Å². The topological polar surface area (TPSA) is 63.8 Å². The van der Waals surface area contributed by atoms with Crippen LogP contribution in [-0.4, -0.2) is 25.0 Å². The lowest BCUT2D eigenvalue weighted by atomic mass is 10.2. The van der Waals surface area contributed by atoms with Crippen LogP contribution in [-0.2, 0) is 10.5 Å². The summed E-state index contributed by atoms with van der Waals surface area (Å²) < 4.78 is 10.8. The molecule has 0 saturated carbocycles. The summed E-state index contributed by atoms with van der Waals surface area (Å²) in [5.74, 6) is 2.74. The van der Waals surface area contributed by atoms with Crippen LogP contribution in [0.15, 0.2) is 64.1 Å². The normalized spacial score (nSPS) is 11.0. The van der Waals surface area contributed by atoms with E-state index < -0.39 is 0 Å². The van der Waals surface area contributed by atoms with Crippen molar-refractivity contribution in [3.8, 4) is 17.1 Å². The third-order valence-electron chi connectivity index (χ3n) is 3.87. The van der Waals surface area contributed by atoms with Crippen molar-refractivity contribution in [3.05, 3.63) is 76.0 Å². The first-order chi connectivity index (χ1) is 14.0. The molecule has 29 heavy (non-hydrogen) atoms. The molecule has 0 fully saturated rings. The lowest BCUT2D eigenvalue weighted by Gasteiger charge is -2.03. The SMILES string of the molecule is COc1ccc(CSCC(=O)N/N=C/c2ccc(-c3ccc(Cl)cc3Cl)o2)cc1. The van der Waals surface area contributed by atoms with Crippen LogP contribution in [0, 0.1) is 0 Å². The van der Waals surface area contributed by atoms with Gasteiger partial charge in [-0.05, 0) is 48.0 Å². The zero-order chi connectivity index (χ0) is 20.6. The minimum Gasteiger partial charge on any atom is -0.497 e. The maximum absolute atomic E-state index is 11.9. The zero-order valence-corrected chi connectivity index (χ0v) is 17.9. The summed E-state index contributed by atoms with van der Waals surface area (Å²) in [4.78, 5) is 11.9. The number of nitrogens with zero attached hydrogens (tertiary/aromatic N) is 1. The number of carbonyl (C=O) groups is 1. The molecule has 1 aromatic heterocycles. The molecule has 8 heteroatoms. The average molecular weight is 449 g/mol. The van der Waals surface area contributed by atoms with Crippen LogP contribution in [0.5, 0.6) is 5.75 Å². The van der Waals surface area contributed by atoms with Crippen LogP contribution < -0.4 is 10.2 Å². The molecule has 1 N–H and O–H groups in total. The number of amides is 1. The lowest BCUT2D eigenvalue weighted by Crippen LogP contribution is -2.19. The maximum atomic E-state index is 11.9. The molecule has 0 aliphatic rings. The van der Waals surface area contributed by atoms with Crippen molar-refractivity contribution in [1.29, 1.82) is 0 Å². The molecule has 150 valence electrons. The molecule has 3 aromatic rings. The fourth-order valence-electron chi connectivity index (χ4n) is 2.44. The molecule has 0 aliphatic carbocycles. The van der Waals surface area contributed by atoms with Crippen molar-refractivity contribution in [3.63, 3.8) is 0 Å². The number of hydrogen-bond acceptors (Lipinski definition) is 5. The molecule has 1 heterocycles. The number of ether oxygens (including phenoxy) is 1. The summed E-state index contributed by atoms with van der Waals surface area (Å²) in [7, 11) is 1.63.